The van der Waals surface area contributed by atoms with Crippen molar-refractivity contribution in [3.05, 3.63) is 31.4 Å². The highest BCUT2D eigenvalue weighted by atomic mass is 16.1. The molecule has 2 aromatic heterocycles. The molecule has 2 aromatic rings. The Hall–Kier alpha value is -2.44. The zero-order valence-corrected chi connectivity index (χ0v) is 11.8. The molecule has 0 radical (unpaired) electrons. The number of carbonyl (C=O) groups excluding carboxylic acids is 1. The van der Waals surface area contributed by atoms with Gasteiger partial charge in [0.15, 0.2) is 5.82 Å². The second-order valence-electron chi connectivity index (χ2n) is 5.22. The molecule has 21 heavy (non-hydrogen) atoms. The van der Waals surface area contributed by atoms with Gasteiger partial charge < -0.3 is 10.2 Å². The molecule has 1 aliphatic heterocycles. The SMILES string of the molecule is C=CC(=O)NC[C@@H]1CCCN(c2nccn3cnnc23)C1. The van der Waals surface area contributed by atoms with Gasteiger partial charge in [-0.25, -0.2) is 4.98 Å². The molecule has 0 saturated carbocycles. The molecule has 1 N–H and O–H groups in total. The number of piperidine rings is 1. The van der Waals surface area contributed by atoms with Crippen LogP contribution in [0.15, 0.2) is 31.4 Å². The lowest BCUT2D eigenvalue weighted by molar-refractivity contribution is -0.116. The van der Waals surface area contributed by atoms with Crippen molar-refractivity contribution in [3.8, 4) is 0 Å². The maximum Gasteiger partial charge on any atom is 0.243 e. The Morgan fingerprint density at radius 2 is 2.48 bits per heavy atom. The van der Waals surface area contributed by atoms with Crippen LogP contribution >= 0.6 is 0 Å². The van der Waals surface area contributed by atoms with Crippen LogP contribution in [0, 0.1) is 5.92 Å². The molecule has 0 aliphatic carbocycles. The first-order chi connectivity index (χ1) is 10.3. The van der Waals surface area contributed by atoms with Gasteiger partial charge in [0.05, 0.1) is 0 Å². The van der Waals surface area contributed by atoms with E-state index in [1.165, 1.54) is 6.08 Å². The first kappa shape index (κ1) is 13.5. The van der Waals surface area contributed by atoms with Gasteiger partial charge in [-0.2, -0.15) is 0 Å². The summed E-state index contributed by atoms with van der Waals surface area (Å²) in [5.74, 6) is 1.15. The Balaban J connectivity index is 1.72. The lowest BCUT2D eigenvalue weighted by Crippen LogP contribution is -2.41. The average molecular weight is 286 g/mol. The minimum atomic E-state index is -0.121. The predicted molar refractivity (Wildman–Crippen MR) is 78.9 cm³/mol. The fourth-order valence-corrected chi connectivity index (χ4v) is 2.71. The second-order valence-corrected chi connectivity index (χ2v) is 5.22. The van der Waals surface area contributed by atoms with E-state index in [0.29, 0.717) is 12.5 Å². The van der Waals surface area contributed by atoms with Gasteiger partial charge in [-0.3, -0.25) is 9.20 Å². The van der Waals surface area contributed by atoms with Crippen molar-refractivity contribution in [3.63, 3.8) is 0 Å². The minimum Gasteiger partial charge on any atom is -0.353 e. The summed E-state index contributed by atoms with van der Waals surface area (Å²) in [6.07, 6.45) is 8.75. The molecular formula is C14H18N6O. The van der Waals surface area contributed by atoms with Crippen LogP contribution in [0.4, 0.5) is 5.82 Å². The second kappa shape index (κ2) is 5.90. The Morgan fingerprint density at radius 1 is 1.57 bits per heavy atom. The third kappa shape index (κ3) is 2.86. The molecule has 1 amide bonds. The molecule has 1 aliphatic rings. The van der Waals surface area contributed by atoms with Crippen molar-refractivity contribution in [1.29, 1.82) is 0 Å². The Bertz CT molecular complexity index is 652. The Kier molecular flexibility index (Phi) is 3.81. The standard InChI is InChI=1S/C14H18N6O/c1-2-12(21)16-8-11-4-3-6-19(9-11)13-14-18-17-10-20(14)7-5-15-13/h2,5,7,10-11H,1,3-4,6,8-9H2,(H,16,21)/t11-/m0/s1. The maximum absolute atomic E-state index is 11.3. The van der Waals surface area contributed by atoms with Gasteiger partial charge in [-0.1, -0.05) is 6.58 Å². The van der Waals surface area contributed by atoms with E-state index >= 15 is 0 Å². The van der Waals surface area contributed by atoms with Crippen LogP contribution in [-0.2, 0) is 4.79 Å². The number of hydrogen-bond acceptors (Lipinski definition) is 5. The minimum absolute atomic E-state index is 0.121. The summed E-state index contributed by atoms with van der Waals surface area (Å²) in [4.78, 5) is 17.9. The van der Waals surface area contributed by atoms with Crippen LogP contribution in [0.5, 0.6) is 0 Å². The van der Waals surface area contributed by atoms with E-state index in [1.54, 1.807) is 12.5 Å². The lowest BCUT2D eigenvalue weighted by Gasteiger charge is -2.33. The van der Waals surface area contributed by atoms with Crippen molar-refractivity contribution >= 4 is 17.4 Å². The lowest BCUT2D eigenvalue weighted by atomic mass is 9.98. The third-order valence-electron chi connectivity index (χ3n) is 3.77. The number of carbonyl (C=O) groups is 1. The molecule has 3 rings (SSSR count). The van der Waals surface area contributed by atoms with Crippen LogP contribution in [0.3, 0.4) is 0 Å². The van der Waals surface area contributed by atoms with Crippen molar-refractivity contribution in [2.24, 2.45) is 5.92 Å². The van der Waals surface area contributed by atoms with E-state index in [0.717, 1.165) is 37.4 Å². The molecular weight excluding hydrogens is 268 g/mol. The smallest absolute Gasteiger partial charge is 0.243 e. The number of amides is 1. The highest BCUT2D eigenvalue weighted by Gasteiger charge is 2.23. The van der Waals surface area contributed by atoms with Gasteiger partial charge in [0.2, 0.25) is 11.6 Å². The first-order valence-corrected chi connectivity index (χ1v) is 7.07. The molecule has 110 valence electrons. The summed E-state index contributed by atoms with van der Waals surface area (Å²) in [6, 6.07) is 0. The van der Waals surface area contributed by atoms with Crippen LogP contribution in [0.1, 0.15) is 12.8 Å². The summed E-state index contributed by atoms with van der Waals surface area (Å²) in [5, 5.41) is 10.9. The molecule has 0 aromatic carbocycles. The molecule has 7 heteroatoms. The van der Waals surface area contributed by atoms with Crippen molar-refractivity contribution in [2.45, 2.75) is 12.8 Å². The monoisotopic (exact) mass is 286 g/mol. The van der Waals surface area contributed by atoms with Crippen LogP contribution in [-0.4, -0.2) is 45.1 Å². The first-order valence-electron chi connectivity index (χ1n) is 7.07. The van der Waals surface area contributed by atoms with Crippen LogP contribution in [0.25, 0.3) is 5.65 Å². The van der Waals surface area contributed by atoms with Crippen LogP contribution < -0.4 is 10.2 Å². The highest BCUT2D eigenvalue weighted by molar-refractivity contribution is 5.86. The van der Waals surface area contributed by atoms with E-state index in [1.807, 2.05) is 10.6 Å². The number of fused-ring (bicyclic) bond motifs is 1. The van der Waals surface area contributed by atoms with E-state index in [4.69, 9.17) is 0 Å². The van der Waals surface area contributed by atoms with Crippen molar-refractivity contribution in [1.82, 2.24) is 24.9 Å². The molecule has 0 unspecified atom stereocenters. The number of aromatic nitrogens is 4. The van der Waals surface area contributed by atoms with E-state index < -0.39 is 0 Å². The van der Waals surface area contributed by atoms with Crippen molar-refractivity contribution in [2.75, 3.05) is 24.5 Å². The molecule has 3 heterocycles. The molecule has 7 nitrogen and oxygen atoms in total. The highest BCUT2D eigenvalue weighted by Crippen LogP contribution is 2.23. The fraction of sp³-hybridized carbons (Fsp3) is 0.429. The van der Waals surface area contributed by atoms with Gasteiger partial charge in [-0.05, 0) is 24.8 Å². The summed E-state index contributed by atoms with van der Waals surface area (Å²) in [6.45, 7) is 5.94. The number of hydrogen-bond donors (Lipinski definition) is 1. The fourth-order valence-electron chi connectivity index (χ4n) is 2.71. The maximum atomic E-state index is 11.3. The van der Waals surface area contributed by atoms with E-state index in [2.05, 4.69) is 32.0 Å². The number of nitrogens with zero attached hydrogens (tertiary/aromatic N) is 5. The summed E-state index contributed by atoms with van der Waals surface area (Å²) < 4.78 is 1.87. The van der Waals surface area contributed by atoms with Gasteiger partial charge in [-0.15, -0.1) is 10.2 Å². The quantitative estimate of drug-likeness (QED) is 0.835. The topological polar surface area (TPSA) is 75.4 Å². The molecule has 1 atom stereocenters. The molecule has 1 fully saturated rings. The van der Waals surface area contributed by atoms with E-state index in [-0.39, 0.29) is 5.91 Å². The number of rotatable bonds is 4. The predicted octanol–water partition coefficient (Wildman–Crippen LogP) is 0.643. The van der Waals surface area contributed by atoms with Gasteiger partial charge in [0, 0.05) is 32.0 Å². The Morgan fingerprint density at radius 3 is 3.33 bits per heavy atom. The number of nitrogens with one attached hydrogen (secondary N) is 1. The largest absolute Gasteiger partial charge is 0.353 e. The van der Waals surface area contributed by atoms with Crippen molar-refractivity contribution < 1.29 is 4.79 Å². The summed E-state index contributed by atoms with van der Waals surface area (Å²) >= 11 is 0. The van der Waals surface area contributed by atoms with Gasteiger partial charge in [0.1, 0.15) is 6.33 Å². The molecule has 0 spiro atoms. The number of anilines is 1. The summed E-state index contributed by atoms with van der Waals surface area (Å²) in [7, 11) is 0. The van der Waals surface area contributed by atoms with E-state index in [9.17, 15) is 4.79 Å². The zero-order valence-electron chi connectivity index (χ0n) is 11.8. The van der Waals surface area contributed by atoms with Gasteiger partial charge in [0.25, 0.3) is 0 Å². The Labute approximate surface area is 122 Å². The zero-order chi connectivity index (χ0) is 14.7. The van der Waals surface area contributed by atoms with Gasteiger partial charge >= 0.3 is 0 Å². The average Bonchev–Trinajstić information content (AvgIpc) is 3.01. The molecule has 0 bridgehead atoms. The third-order valence-corrected chi connectivity index (χ3v) is 3.77. The normalized spacial score (nSPS) is 18.7. The summed E-state index contributed by atoms with van der Waals surface area (Å²) in [5.41, 5.74) is 0.772. The van der Waals surface area contributed by atoms with Crippen LogP contribution in [0.2, 0.25) is 0 Å². The molecule has 1 saturated heterocycles.